The van der Waals surface area contributed by atoms with Crippen molar-refractivity contribution in [3.8, 4) is 0 Å². The summed E-state index contributed by atoms with van der Waals surface area (Å²) in [7, 11) is -5.26. The molecule has 29 heavy (non-hydrogen) atoms. The number of carbonyl (C=O) groups is 1. The van der Waals surface area contributed by atoms with Gasteiger partial charge in [-0.3, -0.25) is 4.79 Å². The van der Waals surface area contributed by atoms with E-state index in [2.05, 4.69) is 47.4 Å². The van der Waals surface area contributed by atoms with Gasteiger partial charge in [-0.25, -0.2) is 0 Å². The van der Waals surface area contributed by atoms with Crippen LogP contribution in [0.3, 0.4) is 0 Å². The van der Waals surface area contributed by atoms with Gasteiger partial charge in [0.2, 0.25) is 5.91 Å². The van der Waals surface area contributed by atoms with Crippen LogP contribution in [-0.2, 0) is 15.0 Å². The molecule has 0 saturated carbocycles. The number of hydrogen-bond donors (Lipinski definition) is 1. The maximum Gasteiger partial charge on any atom is 0.336 e. The monoisotopic (exact) mass is 548 g/mol. The minimum atomic E-state index is -5.26. The molecular weight excluding hydrogens is 531 g/mol. The molecule has 0 radical (unpaired) electrons. The summed E-state index contributed by atoms with van der Waals surface area (Å²) in [5, 5.41) is 10.5. The van der Waals surface area contributed by atoms with Crippen LogP contribution in [0.25, 0.3) is 0 Å². The molecule has 2 aromatic carbocycles. The van der Waals surface area contributed by atoms with Gasteiger partial charge in [0.05, 0.1) is 26.0 Å². The molecule has 2 rings (SSSR count). The third-order valence-electron chi connectivity index (χ3n) is 3.93. The first kappa shape index (κ1) is 23.4. The van der Waals surface area contributed by atoms with E-state index in [0.29, 0.717) is 24.5 Å². The molecule has 1 N–H and O–H groups in total. The second-order valence-corrected chi connectivity index (χ2v) is 8.73. The van der Waals surface area contributed by atoms with Crippen molar-refractivity contribution in [1.82, 2.24) is 0 Å². The number of hydrogen-bond acceptors (Lipinski definition) is 6. The van der Waals surface area contributed by atoms with Crippen LogP contribution in [0.15, 0.2) is 54.4 Å². The molecule has 11 heteroatoms. The van der Waals surface area contributed by atoms with E-state index in [4.69, 9.17) is 0 Å². The predicted molar refractivity (Wildman–Crippen MR) is 119 cm³/mol. The number of carbonyl (C=O) groups excluding carboxylic acids is 1. The number of amides is 1. The zero-order valence-corrected chi connectivity index (χ0v) is 19.9. The maximum absolute atomic E-state index is 14.3. The first-order valence-corrected chi connectivity index (χ1v) is 11.6. The van der Waals surface area contributed by atoms with Crippen molar-refractivity contribution in [2.24, 2.45) is 10.2 Å². The molecule has 2 aromatic rings. The molecule has 0 bridgehead atoms. The standard InChI is InChI=1S/C18H19Br2FN4O3S/c1-4-25(5-2)17-13(19)15(22-11(3)26)18(29(21,27)28)16(14(17)20)24-23-12-9-7-6-8-10-12/h6-10H,4-5H2,1-3H3,(H,22,26). The molecule has 156 valence electrons. The molecule has 0 aromatic heterocycles. The van der Waals surface area contributed by atoms with E-state index in [9.17, 15) is 17.1 Å². The van der Waals surface area contributed by atoms with E-state index in [0.717, 1.165) is 0 Å². The number of rotatable bonds is 7. The van der Waals surface area contributed by atoms with Crippen molar-refractivity contribution in [2.75, 3.05) is 23.3 Å². The highest BCUT2D eigenvalue weighted by atomic mass is 79.9. The number of halogens is 3. The third-order valence-corrected chi connectivity index (χ3v) is 6.34. The van der Waals surface area contributed by atoms with E-state index in [1.165, 1.54) is 6.92 Å². The fraction of sp³-hybridized carbons (Fsp3) is 0.278. The molecule has 0 saturated heterocycles. The van der Waals surface area contributed by atoms with Crippen molar-refractivity contribution in [1.29, 1.82) is 0 Å². The molecule has 0 unspecified atom stereocenters. The fourth-order valence-corrected chi connectivity index (χ4v) is 5.45. The van der Waals surface area contributed by atoms with Crippen LogP contribution in [-0.4, -0.2) is 27.4 Å². The van der Waals surface area contributed by atoms with Crippen LogP contribution in [0.5, 0.6) is 0 Å². The summed E-state index contributed by atoms with van der Waals surface area (Å²) in [5.74, 6) is -0.561. The Balaban J connectivity index is 2.92. The maximum atomic E-state index is 14.3. The number of azo groups is 1. The second-order valence-electron chi connectivity index (χ2n) is 5.86. The van der Waals surface area contributed by atoms with Crippen molar-refractivity contribution in [3.63, 3.8) is 0 Å². The van der Waals surface area contributed by atoms with Gasteiger partial charge in [-0.1, -0.05) is 18.2 Å². The van der Waals surface area contributed by atoms with Gasteiger partial charge in [0.1, 0.15) is 5.69 Å². The molecule has 7 nitrogen and oxygen atoms in total. The molecule has 0 aliphatic rings. The van der Waals surface area contributed by atoms with Gasteiger partial charge < -0.3 is 10.2 Å². The summed E-state index contributed by atoms with van der Waals surface area (Å²) in [6, 6.07) is 8.60. The molecule has 0 aliphatic carbocycles. The quantitative estimate of drug-likeness (QED) is 0.334. The molecule has 0 spiro atoms. The van der Waals surface area contributed by atoms with Gasteiger partial charge in [-0.05, 0) is 57.8 Å². The average molecular weight is 550 g/mol. The third kappa shape index (κ3) is 5.40. The Bertz CT molecular complexity index is 1040. The van der Waals surface area contributed by atoms with Crippen LogP contribution in [0.1, 0.15) is 20.8 Å². The highest BCUT2D eigenvalue weighted by Gasteiger charge is 2.32. The van der Waals surface area contributed by atoms with Crippen molar-refractivity contribution in [2.45, 2.75) is 25.7 Å². The highest BCUT2D eigenvalue weighted by molar-refractivity contribution is 9.11. The number of anilines is 2. The summed E-state index contributed by atoms with van der Waals surface area (Å²) >= 11 is 6.69. The smallest absolute Gasteiger partial charge is 0.336 e. The Labute approximate surface area is 185 Å². The van der Waals surface area contributed by atoms with Gasteiger partial charge in [-0.2, -0.15) is 13.5 Å². The lowest BCUT2D eigenvalue weighted by Crippen LogP contribution is -2.24. The SMILES string of the molecule is CCN(CC)c1c(Br)c(N=Nc2ccccc2)c(S(=O)(=O)F)c(NC(C)=O)c1Br. The normalized spacial score (nSPS) is 11.7. The van der Waals surface area contributed by atoms with Crippen LogP contribution >= 0.6 is 31.9 Å². The zero-order valence-electron chi connectivity index (χ0n) is 15.9. The van der Waals surface area contributed by atoms with E-state index >= 15 is 0 Å². The molecule has 0 aliphatic heterocycles. The van der Waals surface area contributed by atoms with E-state index in [1.54, 1.807) is 30.3 Å². The molecule has 1 amide bonds. The lowest BCUT2D eigenvalue weighted by atomic mass is 10.2. The van der Waals surface area contributed by atoms with Gasteiger partial charge in [0, 0.05) is 20.0 Å². The first-order valence-electron chi connectivity index (χ1n) is 8.60. The van der Waals surface area contributed by atoms with E-state index in [1.807, 2.05) is 18.7 Å². The van der Waals surface area contributed by atoms with Gasteiger partial charge in [-0.15, -0.1) is 9.00 Å². The van der Waals surface area contributed by atoms with E-state index < -0.39 is 21.0 Å². The average Bonchev–Trinajstić information content (AvgIpc) is 2.65. The Morgan fingerprint density at radius 2 is 1.69 bits per heavy atom. The molecule has 0 heterocycles. The van der Waals surface area contributed by atoms with Crippen LogP contribution in [0, 0.1) is 0 Å². The number of nitrogens with one attached hydrogen (secondary N) is 1. The predicted octanol–water partition coefficient (Wildman–Crippen LogP) is 6.09. The van der Waals surface area contributed by atoms with Crippen LogP contribution in [0.2, 0.25) is 0 Å². The number of benzene rings is 2. The summed E-state index contributed by atoms with van der Waals surface area (Å²) in [6.45, 7) is 6.16. The van der Waals surface area contributed by atoms with Crippen molar-refractivity contribution < 1.29 is 17.1 Å². The summed E-state index contributed by atoms with van der Waals surface area (Å²) in [6.07, 6.45) is 0. The highest BCUT2D eigenvalue weighted by Crippen LogP contribution is 2.51. The summed E-state index contributed by atoms with van der Waals surface area (Å²) < 4.78 is 38.8. The minimum Gasteiger partial charge on any atom is -0.370 e. The van der Waals surface area contributed by atoms with Crippen molar-refractivity contribution >= 4 is 70.7 Å². The molecule has 0 atom stereocenters. The largest absolute Gasteiger partial charge is 0.370 e. The Morgan fingerprint density at radius 1 is 1.10 bits per heavy atom. The lowest BCUT2D eigenvalue weighted by Gasteiger charge is -2.27. The van der Waals surface area contributed by atoms with Crippen molar-refractivity contribution in [3.05, 3.63) is 39.3 Å². The Kier molecular flexibility index (Phi) is 7.89. The fourth-order valence-electron chi connectivity index (χ4n) is 2.68. The number of nitrogens with zero attached hydrogens (tertiary/aromatic N) is 3. The second kappa shape index (κ2) is 9.77. The Morgan fingerprint density at radius 3 is 2.17 bits per heavy atom. The van der Waals surface area contributed by atoms with Crippen LogP contribution < -0.4 is 10.2 Å². The first-order chi connectivity index (χ1) is 13.6. The van der Waals surface area contributed by atoms with Gasteiger partial charge in [0.15, 0.2) is 4.90 Å². The molecular formula is C18H19Br2FN4O3S. The van der Waals surface area contributed by atoms with Gasteiger partial charge >= 0.3 is 10.2 Å². The molecule has 0 fully saturated rings. The van der Waals surface area contributed by atoms with E-state index in [-0.39, 0.29) is 20.3 Å². The minimum absolute atomic E-state index is 0.221. The summed E-state index contributed by atoms with van der Waals surface area (Å²) in [5.41, 5.74) is 0.500. The van der Waals surface area contributed by atoms with Gasteiger partial charge in [0.25, 0.3) is 0 Å². The Hall–Kier alpha value is -1.85. The lowest BCUT2D eigenvalue weighted by molar-refractivity contribution is -0.114. The topological polar surface area (TPSA) is 91.2 Å². The summed E-state index contributed by atoms with van der Waals surface area (Å²) in [4.78, 5) is 12.8. The van der Waals surface area contributed by atoms with Crippen LogP contribution in [0.4, 0.5) is 26.6 Å². The zero-order chi connectivity index (χ0) is 21.8.